The van der Waals surface area contributed by atoms with E-state index in [1.54, 1.807) is 10.9 Å². The molecule has 1 fully saturated rings. The molecule has 0 bridgehead atoms. The summed E-state index contributed by atoms with van der Waals surface area (Å²) >= 11 is 0. The van der Waals surface area contributed by atoms with Crippen LogP contribution in [0.2, 0.25) is 0 Å². The SMILES string of the molecule is NC1CCN(C(=O)Cc2cnn(-c3ccccc3)c2)CC1. The van der Waals surface area contributed by atoms with Crippen LogP contribution in [-0.2, 0) is 11.2 Å². The average Bonchev–Trinajstić information content (AvgIpc) is 2.97. The summed E-state index contributed by atoms with van der Waals surface area (Å²) in [6.45, 7) is 1.54. The van der Waals surface area contributed by atoms with E-state index in [4.69, 9.17) is 5.73 Å². The molecule has 1 saturated heterocycles. The lowest BCUT2D eigenvalue weighted by molar-refractivity contribution is -0.131. The first-order valence-corrected chi connectivity index (χ1v) is 7.35. The Hall–Kier alpha value is -2.14. The van der Waals surface area contributed by atoms with Crippen LogP contribution < -0.4 is 5.73 Å². The number of para-hydroxylation sites is 1. The lowest BCUT2D eigenvalue weighted by atomic mass is 10.1. The highest BCUT2D eigenvalue weighted by Gasteiger charge is 2.20. The molecule has 110 valence electrons. The van der Waals surface area contributed by atoms with E-state index >= 15 is 0 Å². The maximum absolute atomic E-state index is 12.3. The van der Waals surface area contributed by atoms with Crippen LogP contribution in [0.3, 0.4) is 0 Å². The van der Waals surface area contributed by atoms with Gasteiger partial charge in [-0.2, -0.15) is 5.10 Å². The normalized spacial score (nSPS) is 16.1. The zero-order chi connectivity index (χ0) is 14.7. The van der Waals surface area contributed by atoms with Gasteiger partial charge in [-0.3, -0.25) is 4.79 Å². The van der Waals surface area contributed by atoms with Gasteiger partial charge in [-0.25, -0.2) is 4.68 Å². The minimum atomic E-state index is 0.162. The summed E-state index contributed by atoms with van der Waals surface area (Å²) in [5, 5.41) is 4.32. The highest BCUT2D eigenvalue weighted by Crippen LogP contribution is 2.12. The molecule has 5 nitrogen and oxygen atoms in total. The standard InChI is InChI=1S/C16H20N4O/c17-14-6-8-19(9-7-14)16(21)10-13-11-18-20(12-13)15-4-2-1-3-5-15/h1-5,11-12,14H,6-10,17H2. The molecular formula is C16H20N4O. The summed E-state index contributed by atoms with van der Waals surface area (Å²) < 4.78 is 1.80. The number of piperidine rings is 1. The molecule has 1 aromatic carbocycles. The van der Waals surface area contributed by atoms with Gasteiger partial charge < -0.3 is 10.6 Å². The van der Waals surface area contributed by atoms with E-state index in [0.29, 0.717) is 6.42 Å². The molecule has 21 heavy (non-hydrogen) atoms. The molecule has 2 N–H and O–H groups in total. The van der Waals surface area contributed by atoms with Gasteiger partial charge in [0.1, 0.15) is 0 Å². The van der Waals surface area contributed by atoms with Crippen LogP contribution in [0.1, 0.15) is 18.4 Å². The summed E-state index contributed by atoms with van der Waals surface area (Å²) in [7, 11) is 0. The molecule has 5 heteroatoms. The Labute approximate surface area is 124 Å². The molecule has 0 radical (unpaired) electrons. The van der Waals surface area contributed by atoms with E-state index in [0.717, 1.165) is 37.2 Å². The third kappa shape index (κ3) is 3.31. The fourth-order valence-corrected chi connectivity index (χ4v) is 2.61. The number of carbonyl (C=O) groups is 1. The van der Waals surface area contributed by atoms with E-state index in [9.17, 15) is 4.79 Å². The van der Waals surface area contributed by atoms with Crippen molar-refractivity contribution >= 4 is 5.91 Å². The first-order chi connectivity index (χ1) is 10.2. The molecule has 3 rings (SSSR count). The van der Waals surface area contributed by atoms with Crippen LogP contribution in [-0.4, -0.2) is 39.7 Å². The second-order valence-electron chi connectivity index (χ2n) is 5.52. The number of amides is 1. The zero-order valence-corrected chi connectivity index (χ0v) is 12.0. The average molecular weight is 284 g/mol. The lowest BCUT2D eigenvalue weighted by Gasteiger charge is -2.30. The van der Waals surface area contributed by atoms with E-state index < -0.39 is 0 Å². The molecule has 2 heterocycles. The minimum Gasteiger partial charge on any atom is -0.342 e. The van der Waals surface area contributed by atoms with Gasteiger partial charge in [-0.05, 0) is 30.5 Å². The lowest BCUT2D eigenvalue weighted by Crippen LogP contribution is -2.43. The van der Waals surface area contributed by atoms with E-state index in [1.807, 2.05) is 41.4 Å². The molecule has 2 aromatic rings. The third-order valence-electron chi connectivity index (χ3n) is 3.90. The maximum atomic E-state index is 12.3. The fourth-order valence-electron chi connectivity index (χ4n) is 2.61. The second-order valence-corrected chi connectivity index (χ2v) is 5.52. The summed E-state index contributed by atoms with van der Waals surface area (Å²) in [5.41, 5.74) is 7.81. The van der Waals surface area contributed by atoms with Crippen molar-refractivity contribution in [3.05, 3.63) is 48.3 Å². The molecule has 0 aliphatic carbocycles. The number of nitrogens with two attached hydrogens (primary N) is 1. The molecule has 0 unspecified atom stereocenters. The predicted octanol–water partition coefficient (Wildman–Crippen LogP) is 1.36. The number of likely N-dealkylation sites (tertiary alicyclic amines) is 1. The van der Waals surface area contributed by atoms with Crippen LogP contribution >= 0.6 is 0 Å². The molecule has 1 amide bonds. The number of hydrogen-bond acceptors (Lipinski definition) is 3. The van der Waals surface area contributed by atoms with Gasteiger partial charge in [0, 0.05) is 25.3 Å². The monoisotopic (exact) mass is 284 g/mol. The summed E-state index contributed by atoms with van der Waals surface area (Å²) in [6.07, 6.45) is 5.88. The van der Waals surface area contributed by atoms with Gasteiger partial charge in [0.25, 0.3) is 0 Å². The van der Waals surface area contributed by atoms with Crippen LogP contribution in [0, 0.1) is 0 Å². The summed E-state index contributed by atoms with van der Waals surface area (Å²) in [4.78, 5) is 14.2. The van der Waals surface area contributed by atoms with Crippen molar-refractivity contribution in [3.8, 4) is 5.69 Å². The predicted molar refractivity (Wildman–Crippen MR) is 81.1 cm³/mol. The van der Waals surface area contributed by atoms with Gasteiger partial charge in [-0.15, -0.1) is 0 Å². The Morgan fingerprint density at radius 2 is 1.95 bits per heavy atom. The second kappa shape index (κ2) is 6.10. The van der Waals surface area contributed by atoms with Gasteiger partial charge in [0.05, 0.1) is 18.3 Å². The Kier molecular flexibility index (Phi) is 4.01. The first kappa shape index (κ1) is 13.8. The van der Waals surface area contributed by atoms with Crippen molar-refractivity contribution in [1.82, 2.24) is 14.7 Å². The number of hydrogen-bond donors (Lipinski definition) is 1. The smallest absolute Gasteiger partial charge is 0.227 e. The number of aromatic nitrogens is 2. The number of nitrogens with zero attached hydrogens (tertiary/aromatic N) is 3. The highest BCUT2D eigenvalue weighted by atomic mass is 16.2. The van der Waals surface area contributed by atoms with Crippen LogP contribution in [0.5, 0.6) is 0 Å². The van der Waals surface area contributed by atoms with Crippen molar-refractivity contribution in [1.29, 1.82) is 0 Å². The number of rotatable bonds is 3. The molecule has 0 atom stereocenters. The molecule has 1 aromatic heterocycles. The van der Waals surface area contributed by atoms with Gasteiger partial charge >= 0.3 is 0 Å². The molecule has 1 aliphatic rings. The third-order valence-corrected chi connectivity index (χ3v) is 3.90. The van der Waals surface area contributed by atoms with Gasteiger partial charge in [-0.1, -0.05) is 18.2 Å². The van der Waals surface area contributed by atoms with Crippen molar-refractivity contribution in [2.75, 3.05) is 13.1 Å². The fraction of sp³-hybridized carbons (Fsp3) is 0.375. The summed E-state index contributed by atoms with van der Waals surface area (Å²) in [5.74, 6) is 0.162. The molecule has 1 aliphatic heterocycles. The molecular weight excluding hydrogens is 264 g/mol. The Morgan fingerprint density at radius 1 is 1.24 bits per heavy atom. The van der Waals surface area contributed by atoms with E-state index in [-0.39, 0.29) is 11.9 Å². The molecule has 0 saturated carbocycles. The summed E-state index contributed by atoms with van der Waals surface area (Å²) in [6, 6.07) is 10.1. The van der Waals surface area contributed by atoms with Crippen LogP contribution in [0.15, 0.2) is 42.7 Å². The maximum Gasteiger partial charge on any atom is 0.227 e. The zero-order valence-electron chi connectivity index (χ0n) is 12.0. The topological polar surface area (TPSA) is 64.2 Å². The van der Waals surface area contributed by atoms with Crippen molar-refractivity contribution in [2.24, 2.45) is 5.73 Å². The molecule has 0 spiro atoms. The van der Waals surface area contributed by atoms with Crippen molar-refractivity contribution < 1.29 is 4.79 Å². The quantitative estimate of drug-likeness (QED) is 0.925. The van der Waals surface area contributed by atoms with Crippen LogP contribution in [0.25, 0.3) is 5.69 Å². The van der Waals surface area contributed by atoms with Gasteiger partial charge in [0.2, 0.25) is 5.91 Å². The van der Waals surface area contributed by atoms with Crippen molar-refractivity contribution in [3.63, 3.8) is 0 Å². The van der Waals surface area contributed by atoms with E-state index in [1.165, 1.54) is 0 Å². The number of benzene rings is 1. The Balaban J connectivity index is 1.63. The highest BCUT2D eigenvalue weighted by molar-refractivity contribution is 5.78. The Bertz CT molecular complexity index is 600. The van der Waals surface area contributed by atoms with Crippen molar-refractivity contribution in [2.45, 2.75) is 25.3 Å². The minimum absolute atomic E-state index is 0.162. The first-order valence-electron chi connectivity index (χ1n) is 7.35. The van der Waals surface area contributed by atoms with E-state index in [2.05, 4.69) is 5.10 Å². The largest absolute Gasteiger partial charge is 0.342 e. The van der Waals surface area contributed by atoms with Gasteiger partial charge in [0.15, 0.2) is 0 Å². The number of carbonyl (C=O) groups excluding carboxylic acids is 1. The Morgan fingerprint density at radius 3 is 2.67 bits per heavy atom. The van der Waals surface area contributed by atoms with Crippen LogP contribution in [0.4, 0.5) is 0 Å².